The fourth-order valence-electron chi connectivity index (χ4n) is 4.76. The van der Waals surface area contributed by atoms with Crippen LogP contribution in [0, 0.1) is 11.8 Å². The van der Waals surface area contributed by atoms with Crippen LogP contribution in [-0.2, 0) is 14.3 Å². The van der Waals surface area contributed by atoms with Gasteiger partial charge in [-0.15, -0.1) is 0 Å². The zero-order valence-corrected chi connectivity index (χ0v) is 19.4. The van der Waals surface area contributed by atoms with Gasteiger partial charge >= 0.3 is 12.1 Å². The van der Waals surface area contributed by atoms with Crippen LogP contribution in [0.5, 0.6) is 0 Å². The minimum Gasteiger partial charge on any atom is -0.480 e. The second-order valence-corrected chi connectivity index (χ2v) is 9.33. The van der Waals surface area contributed by atoms with Crippen molar-refractivity contribution in [1.29, 1.82) is 0 Å². The number of carbonyl (C=O) groups excluding carboxylic acids is 2. The maximum absolute atomic E-state index is 12.5. The highest BCUT2D eigenvalue weighted by Crippen LogP contribution is 2.44. The molecule has 3 atom stereocenters. The molecule has 0 saturated heterocycles. The number of aliphatic carboxylic acids is 1. The highest BCUT2D eigenvalue weighted by Gasteiger charge is 2.31. The highest BCUT2D eigenvalue weighted by molar-refractivity contribution is 5.86. The summed E-state index contributed by atoms with van der Waals surface area (Å²) in [7, 11) is 0. The van der Waals surface area contributed by atoms with Crippen molar-refractivity contribution in [2.24, 2.45) is 11.8 Å². The van der Waals surface area contributed by atoms with E-state index in [1.165, 1.54) is 0 Å². The van der Waals surface area contributed by atoms with Crippen molar-refractivity contribution in [3.63, 3.8) is 0 Å². The third-order valence-electron chi connectivity index (χ3n) is 6.39. The third kappa shape index (κ3) is 5.14. The predicted octanol–water partition coefficient (Wildman–Crippen LogP) is 4.09. The lowest BCUT2D eigenvalue weighted by Crippen LogP contribution is -2.44. The first-order chi connectivity index (χ1) is 16.3. The lowest BCUT2D eigenvalue weighted by molar-refractivity contribution is -0.142. The number of ether oxygens (including phenoxy) is 1. The Labute approximate surface area is 199 Å². The molecule has 0 fully saturated rings. The molecule has 178 valence electrons. The minimum absolute atomic E-state index is 0.0234. The molecule has 2 aromatic carbocycles. The van der Waals surface area contributed by atoms with E-state index in [2.05, 4.69) is 34.9 Å². The molecule has 7 nitrogen and oxygen atoms in total. The van der Waals surface area contributed by atoms with Crippen LogP contribution in [0.15, 0.2) is 60.7 Å². The average molecular weight is 463 g/mol. The van der Waals surface area contributed by atoms with Crippen molar-refractivity contribution in [3.05, 3.63) is 71.8 Å². The van der Waals surface area contributed by atoms with Gasteiger partial charge in [0.05, 0.1) is 12.0 Å². The van der Waals surface area contributed by atoms with Crippen molar-refractivity contribution in [2.45, 2.75) is 44.7 Å². The van der Waals surface area contributed by atoms with Crippen molar-refractivity contribution >= 4 is 18.0 Å². The van der Waals surface area contributed by atoms with Crippen molar-refractivity contribution in [2.75, 3.05) is 6.61 Å². The Morgan fingerprint density at radius 2 is 1.62 bits per heavy atom. The summed E-state index contributed by atoms with van der Waals surface area (Å²) in [5, 5.41) is 14.8. The van der Waals surface area contributed by atoms with Crippen LogP contribution < -0.4 is 10.6 Å². The molecule has 4 rings (SSSR count). The molecule has 0 heterocycles. The molecule has 34 heavy (non-hydrogen) atoms. The number of alkyl carbamates (subject to hydrolysis) is 1. The zero-order valence-electron chi connectivity index (χ0n) is 19.4. The maximum atomic E-state index is 12.5. The Morgan fingerprint density at radius 3 is 2.21 bits per heavy atom. The molecular weight excluding hydrogens is 432 g/mol. The summed E-state index contributed by atoms with van der Waals surface area (Å²) in [4.78, 5) is 36.5. The van der Waals surface area contributed by atoms with Gasteiger partial charge in [-0.2, -0.15) is 0 Å². The number of nitrogens with one attached hydrogen (secondary N) is 2. The van der Waals surface area contributed by atoms with Gasteiger partial charge in [0, 0.05) is 5.92 Å². The number of carboxylic acid groups (broad SMARTS) is 1. The highest BCUT2D eigenvalue weighted by atomic mass is 16.5. The number of carboxylic acids is 1. The van der Waals surface area contributed by atoms with Gasteiger partial charge in [0.2, 0.25) is 5.91 Å². The standard InChI is InChI=1S/C27H30N2O5/c1-16(2)13-24(26(31)32)29-25(30)17-11-12-18(14-17)28-27(33)34-15-23-21-9-5-3-7-19(21)20-8-4-6-10-22(20)23/h3-12,16-18,23-24H,13-15H2,1-2H3,(H,28,33)(H,29,30)(H,31,32). The number of hydrogen-bond donors (Lipinski definition) is 3. The van der Waals surface area contributed by atoms with Crippen molar-refractivity contribution in [1.82, 2.24) is 10.6 Å². The van der Waals surface area contributed by atoms with Crippen LogP contribution >= 0.6 is 0 Å². The molecule has 0 aliphatic heterocycles. The summed E-state index contributed by atoms with van der Waals surface area (Å²) in [5.74, 6) is -1.76. The first-order valence-electron chi connectivity index (χ1n) is 11.7. The van der Waals surface area contributed by atoms with Crippen molar-refractivity contribution in [3.8, 4) is 11.1 Å². The van der Waals surface area contributed by atoms with E-state index in [9.17, 15) is 19.5 Å². The lowest BCUT2D eigenvalue weighted by Gasteiger charge is -2.19. The number of hydrogen-bond acceptors (Lipinski definition) is 4. The third-order valence-corrected chi connectivity index (χ3v) is 6.39. The first kappa shape index (κ1) is 23.5. The van der Waals surface area contributed by atoms with E-state index in [-0.39, 0.29) is 30.4 Å². The van der Waals surface area contributed by atoms with Gasteiger partial charge in [-0.1, -0.05) is 74.5 Å². The number of amides is 2. The molecule has 2 aromatic rings. The quantitative estimate of drug-likeness (QED) is 0.513. The summed E-state index contributed by atoms with van der Waals surface area (Å²) < 4.78 is 5.57. The van der Waals surface area contributed by atoms with Gasteiger partial charge in [0.1, 0.15) is 12.6 Å². The van der Waals surface area contributed by atoms with Crippen LogP contribution in [0.3, 0.4) is 0 Å². The van der Waals surface area contributed by atoms with E-state index >= 15 is 0 Å². The van der Waals surface area contributed by atoms with Gasteiger partial charge in [-0.05, 0) is 41.0 Å². The largest absolute Gasteiger partial charge is 0.480 e. The minimum atomic E-state index is -1.04. The maximum Gasteiger partial charge on any atom is 0.407 e. The van der Waals surface area contributed by atoms with Crippen LogP contribution in [0.25, 0.3) is 11.1 Å². The predicted molar refractivity (Wildman–Crippen MR) is 128 cm³/mol. The fraction of sp³-hybridized carbons (Fsp3) is 0.370. The molecule has 0 aromatic heterocycles. The summed E-state index contributed by atoms with van der Waals surface area (Å²) in [6.07, 6.45) is 3.64. The number of rotatable bonds is 8. The van der Waals surface area contributed by atoms with Gasteiger partial charge < -0.3 is 20.5 Å². The molecule has 2 amide bonds. The summed E-state index contributed by atoms with van der Waals surface area (Å²) >= 11 is 0. The lowest BCUT2D eigenvalue weighted by atomic mass is 9.98. The van der Waals surface area contributed by atoms with Gasteiger partial charge in [0.25, 0.3) is 0 Å². The van der Waals surface area contributed by atoms with E-state index in [4.69, 9.17) is 4.74 Å². The van der Waals surface area contributed by atoms with Crippen LogP contribution in [0.4, 0.5) is 4.79 Å². The molecule has 2 aliphatic rings. The molecule has 3 unspecified atom stereocenters. The Hall–Kier alpha value is -3.61. The summed E-state index contributed by atoms with van der Waals surface area (Å²) in [5.41, 5.74) is 4.61. The molecule has 0 saturated carbocycles. The van der Waals surface area contributed by atoms with Gasteiger partial charge in [-0.25, -0.2) is 9.59 Å². The Balaban J connectivity index is 1.29. The van der Waals surface area contributed by atoms with E-state index in [0.29, 0.717) is 12.8 Å². The SMILES string of the molecule is CC(C)CC(NC(=O)C1C=CC(NC(=O)OCC2c3ccccc3-c3ccccc32)C1)C(=O)O. The fourth-order valence-corrected chi connectivity index (χ4v) is 4.76. The molecule has 7 heteroatoms. The zero-order chi connectivity index (χ0) is 24.2. The van der Waals surface area contributed by atoms with Gasteiger partial charge in [0.15, 0.2) is 0 Å². The first-order valence-corrected chi connectivity index (χ1v) is 11.7. The normalized spacial score (nSPS) is 19.4. The molecule has 0 radical (unpaired) electrons. The molecule has 3 N–H and O–H groups in total. The average Bonchev–Trinajstić information content (AvgIpc) is 3.39. The Kier molecular flexibility index (Phi) is 7.01. The summed E-state index contributed by atoms with van der Waals surface area (Å²) in [6, 6.07) is 15.0. The van der Waals surface area contributed by atoms with E-state index in [0.717, 1.165) is 22.3 Å². The van der Waals surface area contributed by atoms with Crippen LogP contribution in [0.2, 0.25) is 0 Å². The molecule has 2 aliphatic carbocycles. The van der Waals surface area contributed by atoms with E-state index in [1.54, 1.807) is 12.2 Å². The second-order valence-electron chi connectivity index (χ2n) is 9.33. The van der Waals surface area contributed by atoms with Crippen LogP contribution in [0.1, 0.15) is 43.7 Å². The topological polar surface area (TPSA) is 105 Å². The number of fused-ring (bicyclic) bond motifs is 3. The number of carbonyl (C=O) groups is 3. The number of benzene rings is 2. The molecular formula is C27H30N2O5. The Bertz CT molecular complexity index is 1060. The van der Waals surface area contributed by atoms with Crippen molar-refractivity contribution < 1.29 is 24.2 Å². The van der Waals surface area contributed by atoms with E-state index < -0.39 is 24.0 Å². The Morgan fingerprint density at radius 1 is 1.00 bits per heavy atom. The summed E-state index contributed by atoms with van der Waals surface area (Å²) in [6.45, 7) is 4.04. The second kappa shape index (κ2) is 10.1. The smallest absolute Gasteiger partial charge is 0.407 e. The van der Waals surface area contributed by atoms with Crippen LogP contribution in [-0.4, -0.2) is 41.8 Å². The molecule has 0 bridgehead atoms. The molecule has 0 spiro atoms. The monoisotopic (exact) mass is 462 g/mol. The van der Waals surface area contributed by atoms with E-state index in [1.807, 2.05) is 38.1 Å². The van der Waals surface area contributed by atoms with Gasteiger partial charge in [-0.3, -0.25) is 4.79 Å².